The fourth-order valence-electron chi connectivity index (χ4n) is 6.55. The zero-order valence-corrected chi connectivity index (χ0v) is 32.1. The Kier molecular flexibility index (Phi) is 29.3. The molecule has 1 saturated heterocycles. The number of carbonyl (C=O) groups is 1. The molecule has 302 valence electrons. The summed E-state index contributed by atoms with van der Waals surface area (Å²) in [5.74, 6) is -0.705. The van der Waals surface area contributed by atoms with Gasteiger partial charge in [-0.15, -0.1) is 0 Å². The van der Waals surface area contributed by atoms with E-state index in [1.54, 1.807) is 0 Å². The van der Waals surface area contributed by atoms with Crippen molar-refractivity contribution in [1.82, 2.24) is 5.32 Å². The molecule has 51 heavy (non-hydrogen) atoms. The molecule has 1 aliphatic heterocycles. The number of aliphatic hydroxyl groups excluding tert-OH is 7. The van der Waals surface area contributed by atoms with Gasteiger partial charge in [0.05, 0.1) is 25.4 Å². The molecule has 0 aliphatic carbocycles. The van der Waals surface area contributed by atoms with Crippen LogP contribution in [0.1, 0.15) is 168 Å². The van der Waals surface area contributed by atoms with Crippen LogP contribution in [0, 0.1) is 0 Å². The molecule has 11 heteroatoms. The van der Waals surface area contributed by atoms with Gasteiger partial charge in [0, 0.05) is 0 Å². The highest BCUT2D eigenvalue weighted by atomic mass is 16.7. The van der Waals surface area contributed by atoms with E-state index in [4.69, 9.17) is 9.47 Å². The summed E-state index contributed by atoms with van der Waals surface area (Å²) in [4.78, 5) is 13.0. The highest BCUT2D eigenvalue weighted by Gasteiger charge is 2.44. The van der Waals surface area contributed by atoms with Gasteiger partial charge in [-0.2, -0.15) is 0 Å². The maximum absolute atomic E-state index is 13.0. The summed E-state index contributed by atoms with van der Waals surface area (Å²) in [7, 11) is 0. The van der Waals surface area contributed by atoms with Crippen LogP contribution in [0.2, 0.25) is 0 Å². The molecule has 0 aromatic heterocycles. The minimum absolute atomic E-state index is 0.254. The van der Waals surface area contributed by atoms with Gasteiger partial charge in [-0.1, -0.05) is 142 Å². The molecule has 1 heterocycles. The van der Waals surface area contributed by atoms with Gasteiger partial charge in [-0.25, -0.2) is 0 Å². The lowest BCUT2D eigenvalue weighted by atomic mass is 9.98. The van der Waals surface area contributed by atoms with Gasteiger partial charge in [0.2, 0.25) is 5.91 Å². The topological polar surface area (TPSA) is 189 Å². The SMILES string of the molecule is CCCCCC/C=C\CCCCCCCCC(O)C(=O)NC(COC1OC(CO)C(O)C(O)C1O)C(O)C(O)CCCCCCCCCCCC. The largest absolute Gasteiger partial charge is 0.394 e. The maximum atomic E-state index is 13.0. The van der Waals surface area contributed by atoms with Crippen LogP contribution in [0.5, 0.6) is 0 Å². The van der Waals surface area contributed by atoms with Crippen LogP contribution in [0.15, 0.2) is 12.2 Å². The third-order valence-corrected chi connectivity index (χ3v) is 10.1. The Balaban J connectivity index is 2.53. The van der Waals surface area contributed by atoms with E-state index in [9.17, 15) is 40.5 Å². The molecule has 1 rings (SSSR count). The van der Waals surface area contributed by atoms with Crippen LogP contribution < -0.4 is 5.32 Å². The van der Waals surface area contributed by atoms with E-state index in [-0.39, 0.29) is 6.42 Å². The molecule has 1 aliphatic rings. The second-order valence-corrected chi connectivity index (χ2v) is 14.7. The summed E-state index contributed by atoms with van der Waals surface area (Å²) in [5, 5.41) is 75.2. The smallest absolute Gasteiger partial charge is 0.249 e. The van der Waals surface area contributed by atoms with Gasteiger partial charge in [0.25, 0.3) is 0 Å². The normalized spacial score (nSPS) is 23.4. The molecule has 11 nitrogen and oxygen atoms in total. The number of amides is 1. The lowest BCUT2D eigenvalue weighted by molar-refractivity contribution is -0.303. The molecular formula is C40H77NO10. The predicted octanol–water partition coefficient (Wildman–Crippen LogP) is 5.33. The van der Waals surface area contributed by atoms with Crippen molar-refractivity contribution in [3.05, 3.63) is 12.2 Å². The summed E-state index contributed by atoms with van der Waals surface area (Å²) >= 11 is 0. The Hall–Kier alpha value is -1.15. The van der Waals surface area contributed by atoms with Gasteiger partial charge >= 0.3 is 0 Å². The first-order valence-electron chi connectivity index (χ1n) is 20.6. The van der Waals surface area contributed by atoms with E-state index in [1.165, 1.54) is 70.6 Å². The second-order valence-electron chi connectivity index (χ2n) is 14.7. The van der Waals surface area contributed by atoms with Gasteiger partial charge in [0.15, 0.2) is 6.29 Å². The van der Waals surface area contributed by atoms with Crippen LogP contribution in [-0.4, -0.2) is 110 Å². The van der Waals surface area contributed by atoms with Crippen LogP contribution in [-0.2, 0) is 14.3 Å². The first kappa shape index (κ1) is 47.9. The molecule has 1 amide bonds. The average molecular weight is 732 g/mol. The lowest BCUT2D eigenvalue weighted by Gasteiger charge is -2.40. The third kappa shape index (κ3) is 22.0. The summed E-state index contributed by atoms with van der Waals surface area (Å²) in [6.07, 6.45) is 18.4. The molecule has 9 unspecified atom stereocenters. The Morgan fingerprint density at radius 2 is 1.14 bits per heavy atom. The highest BCUT2D eigenvalue weighted by molar-refractivity contribution is 5.80. The average Bonchev–Trinajstić information content (AvgIpc) is 3.13. The summed E-state index contributed by atoms with van der Waals surface area (Å²) < 4.78 is 11.0. The van der Waals surface area contributed by atoms with Crippen LogP contribution in [0.25, 0.3) is 0 Å². The van der Waals surface area contributed by atoms with Crippen molar-refractivity contribution in [3.8, 4) is 0 Å². The minimum Gasteiger partial charge on any atom is -0.394 e. The predicted molar refractivity (Wildman–Crippen MR) is 201 cm³/mol. The third-order valence-electron chi connectivity index (χ3n) is 10.1. The van der Waals surface area contributed by atoms with E-state index in [0.717, 1.165) is 57.8 Å². The summed E-state index contributed by atoms with van der Waals surface area (Å²) in [6.45, 7) is 3.38. The van der Waals surface area contributed by atoms with Crippen LogP contribution in [0.3, 0.4) is 0 Å². The molecule has 8 N–H and O–H groups in total. The quantitative estimate of drug-likeness (QED) is 0.0324. The summed E-state index contributed by atoms with van der Waals surface area (Å²) in [5.41, 5.74) is 0. The van der Waals surface area contributed by atoms with Crippen molar-refractivity contribution in [3.63, 3.8) is 0 Å². The Morgan fingerprint density at radius 1 is 0.667 bits per heavy atom. The molecule has 1 fully saturated rings. The Bertz CT molecular complexity index is 846. The molecular weight excluding hydrogens is 654 g/mol. The molecule has 0 aromatic rings. The fraction of sp³-hybridized carbons (Fsp3) is 0.925. The second kappa shape index (κ2) is 31.2. The van der Waals surface area contributed by atoms with Gasteiger partial charge < -0.3 is 50.5 Å². The number of unbranched alkanes of at least 4 members (excludes halogenated alkanes) is 19. The molecule has 0 saturated carbocycles. The zero-order chi connectivity index (χ0) is 37.7. The Morgan fingerprint density at radius 3 is 1.67 bits per heavy atom. The number of allylic oxidation sites excluding steroid dienone is 2. The minimum atomic E-state index is -1.66. The monoisotopic (exact) mass is 732 g/mol. The van der Waals surface area contributed by atoms with Crippen molar-refractivity contribution >= 4 is 5.91 Å². The lowest BCUT2D eigenvalue weighted by Crippen LogP contribution is -2.60. The number of nitrogens with one attached hydrogen (secondary N) is 1. The van der Waals surface area contributed by atoms with Crippen molar-refractivity contribution in [2.45, 2.75) is 223 Å². The van der Waals surface area contributed by atoms with Crippen molar-refractivity contribution in [2.75, 3.05) is 13.2 Å². The first-order valence-corrected chi connectivity index (χ1v) is 20.6. The van der Waals surface area contributed by atoms with Crippen molar-refractivity contribution in [2.24, 2.45) is 0 Å². The van der Waals surface area contributed by atoms with Crippen molar-refractivity contribution < 1.29 is 50.0 Å². The molecule has 0 radical (unpaired) electrons. The van der Waals surface area contributed by atoms with E-state index >= 15 is 0 Å². The number of hydrogen-bond donors (Lipinski definition) is 8. The fourth-order valence-corrected chi connectivity index (χ4v) is 6.55. The van der Waals surface area contributed by atoms with E-state index in [0.29, 0.717) is 19.3 Å². The zero-order valence-electron chi connectivity index (χ0n) is 32.1. The van der Waals surface area contributed by atoms with Crippen LogP contribution >= 0.6 is 0 Å². The number of carbonyl (C=O) groups excluding carboxylic acids is 1. The van der Waals surface area contributed by atoms with Gasteiger partial charge in [-0.3, -0.25) is 4.79 Å². The first-order chi connectivity index (χ1) is 24.7. The number of hydrogen-bond acceptors (Lipinski definition) is 10. The van der Waals surface area contributed by atoms with Crippen LogP contribution in [0.4, 0.5) is 0 Å². The van der Waals surface area contributed by atoms with Gasteiger partial charge in [-0.05, 0) is 38.5 Å². The molecule has 0 aromatic carbocycles. The molecule has 0 spiro atoms. The van der Waals surface area contributed by atoms with E-state index < -0.39 is 74.2 Å². The van der Waals surface area contributed by atoms with E-state index in [1.807, 2.05) is 0 Å². The maximum Gasteiger partial charge on any atom is 0.249 e. The number of rotatable bonds is 33. The summed E-state index contributed by atoms with van der Waals surface area (Å²) in [6, 6.07) is -1.16. The van der Waals surface area contributed by atoms with Gasteiger partial charge in [0.1, 0.15) is 36.6 Å². The van der Waals surface area contributed by atoms with E-state index in [2.05, 4.69) is 31.3 Å². The Labute approximate surface area is 309 Å². The number of ether oxygens (including phenoxy) is 2. The molecule has 0 bridgehead atoms. The standard InChI is InChI=1S/C40H77NO10/c1-3-5-7-9-11-13-15-16-17-18-20-22-24-26-28-33(44)39(49)41-31(30-50-40-38(48)37(47)36(46)34(29-42)51-40)35(45)32(43)27-25-23-21-19-14-12-10-8-6-4-2/h13,15,31-38,40,42-48H,3-12,14,16-30H2,1-2H3,(H,41,49)/b15-13-. The molecule has 9 atom stereocenters. The van der Waals surface area contributed by atoms with Crippen molar-refractivity contribution in [1.29, 1.82) is 0 Å². The highest BCUT2D eigenvalue weighted by Crippen LogP contribution is 2.23. The number of aliphatic hydroxyl groups is 7.